The number of aryl methyl sites for hydroxylation is 1. The molecule has 1 aliphatic carbocycles. The summed E-state index contributed by atoms with van der Waals surface area (Å²) in [7, 11) is -0.998. The third-order valence-corrected chi connectivity index (χ3v) is 7.72. The zero-order valence-corrected chi connectivity index (χ0v) is 20.9. The Bertz CT molecular complexity index is 904. The number of benzene rings is 1. The van der Waals surface area contributed by atoms with E-state index in [0.29, 0.717) is 18.3 Å². The van der Waals surface area contributed by atoms with Crippen molar-refractivity contribution in [2.24, 2.45) is 11.8 Å². The van der Waals surface area contributed by atoms with Crippen LogP contribution in [-0.4, -0.2) is 19.2 Å². The van der Waals surface area contributed by atoms with Crippen LogP contribution in [0.2, 0.25) is 0 Å². The van der Waals surface area contributed by atoms with Gasteiger partial charge in [-0.3, -0.25) is 9.36 Å². The van der Waals surface area contributed by atoms with Crippen molar-refractivity contribution < 1.29 is 23.4 Å². The minimum absolute atomic E-state index is 0.128. The first-order valence-corrected chi connectivity index (χ1v) is 13.4. The number of carbonyl (C=O) groups excluding carboxylic acids is 1. The van der Waals surface area contributed by atoms with Gasteiger partial charge in [-0.25, -0.2) is 0 Å². The lowest BCUT2D eigenvalue weighted by atomic mass is 9.74. The molecular formula is C26H37O5P. The lowest BCUT2D eigenvalue weighted by Gasteiger charge is -2.37. The molecule has 5 nitrogen and oxygen atoms in total. The second-order valence-corrected chi connectivity index (χ2v) is 10.6. The fourth-order valence-electron chi connectivity index (χ4n) is 4.63. The highest BCUT2D eigenvalue weighted by Crippen LogP contribution is 2.52. The second-order valence-electron chi connectivity index (χ2n) is 9.15. The molecule has 0 spiro atoms. The normalized spacial score (nSPS) is 21.5. The van der Waals surface area contributed by atoms with Crippen LogP contribution in [0.15, 0.2) is 36.1 Å². The maximum absolute atomic E-state index is 12.9. The summed E-state index contributed by atoms with van der Waals surface area (Å²) < 4.78 is 30.0. The van der Waals surface area contributed by atoms with Gasteiger partial charge in [-0.15, -0.1) is 0 Å². The summed E-state index contributed by atoms with van der Waals surface area (Å²) in [6.07, 6.45) is 9.47. The Morgan fingerprint density at radius 1 is 1.34 bits per heavy atom. The van der Waals surface area contributed by atoms with Crippen LogP contribution < -0.4 is 9.26 Å². The number of carbonyl (C=O) groups is 1. The van der Waals surface area contributed by atoms with Crippen LogP contribution in [0.4, 0.5) is 0 Å². The lowest BCUT2D eigenvalue weighted by Crippen LogP contribution is -2.26. The fraction of sp³-hybridized carbons (Fsp3) is 0.577. The smallest absolute Gasteiger partial charge is 0.308 e. The number of rotatable bonds is 10. The van der Waals surface area contributed by atoms with Gasteiger partial charge >= 0.3 is 5.97 Å². The number of esters is 1. The molecule has 2 aliphatic rings. The monoisotopic (exact) mass is 460 g/mol. The highest BCUT2D eigenvalue weighted by Gasteiger charge is 2.37. The Morgan fingerprint density at radius 3 is 2.84 bits per heavy atom. The molecule has 176 valence electrons. The van der Waals surface area contributed by atoms with Crippen molar-refractivity contribution in [1.29, 1.82) is 0 Å². The molecule has 0 radical (unpaired) electrons. The van der Waals surface area contributed by atoms with E-state index in [1.807, 2.05) is 6.07 Å². The van der Waals surface area contributed by atoms with Crippen LogP contribution >= 0.6 is 8.03 Å². The average Bonchev–Trinajstić information content (AvgIpc) is 2.76. The Labute approximate surface area is 193 Å². The van der Waals surface area contributed by atoms with Gasteiger partial charge in [0.25, 0.3) is 0 Å². The number of unbranched alkanes of at least 4 members (excludes halogenated alkanes) is 2. The minimum Gasteiger partial charge on any atom is -0.469 e. The molecule has 3 rings (SSSR count). The maximum Gasteiger partial charge on any atom is 0.308 e. The molecular weight excluding hydrogens is 423 g/mol. The first kappa shape index (κ1) is 24.6. The molecule has 0 N–H and O–H groups in total. The molecule has 1 aromatic rings. The summed E-state index contributed by atoms with van der Waals surface area (Å²) in [5.74, 6) is 2.01. The van der Waals surface area contributed by atoms with Gasteiger partial charge in [-0.05, 0) is 56.7 Å². The van der Waals surface area contributed by atoms with Crippen LogP contribution in [0.1, 0.15) is 76.3 Å². The molecule has 3 unspecified atom stereocenters. The van der Waals surface area contributed by atoms with Crippen molar-refractivity contribution in [1.82, 2.24) is 0 Å². The number of methoxy groups -OCH3 is 1. The Hall–Kier alpha value is -2.00. The zero-order valence-electron chi connectivity index (χ0n) is 19.9. The van der Waals surface area contributed by atoms with E-state index in [-0.39, 0.29) is 23.7 Å². The maximum atomic E-state index is 12.9. The summed E-state index contributed by atoms with van der Waals surface area (Å²) in [5, 5.41) is 0. The van der Waals surface area contributed by atoms with Gasteiger partial charge in [0.1, 0.15) is 17.3 Å². The summed E-state index contributed by atoms with van der Waals surface area (Å²) in [4.78, 5) is 11.7. The Balaban J connectivity index is 1.89. The van der Waals surface area contributed by atoms with Gasteiger partial charge in [0.05, 0.1) is 13.0 Å². The topological polar surface area (TPSA) is 61.8 Å². The summed E-state index contributed by atoms with van der Waals surface area (Å²) in [5.41, 5.74) is 3.47. The predicted octanol–water partition coefficient (Wildman–Crippen LogP) is 6.82. The van der Waals surface area contributed by atoms with E-state index < -0.39 is 8.03 Å². The van der Waals surface area contributed by atoms with Gasteiger partial charge in [0.15, 0.2) is 0 Å². The van der Waals surface area contributed by atoms with Crippen molar-refractivity contribution >= 4 is 14.0 Å². The van der Waals surface area contributed by atoms with Crippen LogP contribution in [0.5, 0.6) is 11.5 Å². The van der Waals surface area contributed by atoms with Gasteiger partial charge < -0.3 is 14.0 Å². The van der Waals surface area contributed by atoms with E-state index >= 15 is 0 Å². The first-order valence-electron chi connectivity index (χ1n) is 11.8. The largest absolute Gasteiger partial charge is 0.469 e. The molecule has 0 saturated heterocycles. The first-order chi connectivity index (χ1) is 15.3. The van der Waals surface area contributed by atoms with E-state index in [9.17, 15) is 9.36 Å². The number of hydrogen-bond donors (Lipinski definition) is 0. The Morgan fingerprint density at radius 2 is 2.12 bits per heavy atom. The van der Waals surface area contributed by atoms with Crippen LogP contribution in [0.25, 0.3) is 0 Å². The van der Waals surface area contributed by atoms with E-state index in [1.165, 1.54) is 12.7 Å². The van der Waals surface area contributed by atoms with E-state index in [4.69, 9.17) is 14.0 Å². The van der Waals surface area contributed by atoms with E-state index in [1.54, 1.807) is 6.92 Å². The number of fused-ring (bicyclic) bond motifs is 3. The third kappa shape index (κ3) is 5.86. The second kappa shape index (κ2) is 11.2. The molecule has 32 heavy (non-hydrogen) atoms. The highest BCUT2D eigenvalue weighted by molar-refractivity contribution is 7.39. The van der Waals surface area contributed by atoms with Crippen molar-refractivity contribution in [3.8, 4) is 11.5 Å². The van der Waals surface area contributed by atoms with Crippen LogP contribution in [-0.2, 0) is 20.5 Å². The molecule has 1 aromatic carbocycles. The SMILES string of the molecule is C=C1Oc2cc(CCCCC)cc(O[PH](=O)CC[C@@H](C)C(=O)OC)c2C2C=C(C)CCC12. The molecule has 0 fully saturated rings. The van der Waals surface area contributed by atoms with Crippen molar-refractivity contribution in [2.45, 2.75) is 71.6 Å². The minimum atomic E-state index is -2.37. The summed E-state index contributed by atoms with van der Waals surface area (Å²) in [6.45, 7) is 10.3. The van der Waals surface area contributed by atoms with Crippen molar-refractivity contribution in [3.05, 3.63) is 47.2 Å². The number of hydrogen-bond acceptors (Lipinski definition) is 5. The third-order valence-electron chi connectivity index (χ3n) is 6.58. The molecule has 0 saturated carbocycles. The quantitative estimate of drug-likeness (QED) is 0.166. The predicted molar refractivity (Wildman–Crippen MR) is 129 cm³/mol. The average molecular weight is 461 g/mol. The van der Waals surface area contributed by atoms with Crippen molar-refractivity contribution in [3.63, 3.8) is 0 Å². The summed E-state index contributed by atoms with van der Waals surface area (Å²) in [6, 6.07) is 4.15. The molecule has 0 bridgehead atoms. The molecule has 4 atom stereocenters. The molecule has 0 aromatic heterocycles. The lowest BCUT2D eigenvalue weighted by molar-refractivity contribution is -0.144. The van der Waals surface area contributed by atoms with Gasteiger partial charge in [-0.1, -0.05) is 44.9 Å². The van der Waals surface area contributed by atoms with Gasteiger partial charge in [-0.2, -0.15) is 0 Å². The van der Waals surface area contributed by atoms with Gasteiger partial charge in [0, 0.05) is 23.6 Å². The summed E-state index contributed by atoms with van der Waals surface area (Å²) >= 11 is 0. The fourth-order valence-corrected chi connectivity index (χ4v) is 5.82. The standard InChI is InChI=1S/C26H37O5P/c1-6-7-8-9-20-15-23-25(22-14-17(2)10-11-21(22)19(4)30-23)24(16-20)31-32(28)13-12-18(3)26(27)29-5/h14-16,18,21-22,32H,4,6-13H2,1-3,5H3/t18-,21?,22?/m1/s1. The van der Waals surface area contributed by atoms with E-state index in [2.05, 4.69) is 32.6 Å². The van der Waals surface area contributed by atoms with Crippen molar-refractivity contribution in [2.75, 3.05) is 13.3 Å². The zero-order chi connectivity index (χ0) is 23.3. The molecule has 0 amide bonds. The molecule has 1 heterocycles. The van der Waals surface area contributed by atoms with E-state index in [0.717, 1.165) is 61.2 Å². The highest BCUT2D eigenvalue weighted by atomic mass is 31.1. The number of ether oxygens (including phenoxy) is 2. The van der Waals surface area contributed by atoms with Crippen LogP contribution in [0, 0.1) is 11.8 Å². The Kier molecular flexibility index (Phi) is 8.64. The molecule has 6 heteroatoms. The number of allylic oxidation sites excluding steroid dienone is 3. The van der Waals surface area contributed by atoms with Gasteiger partial charge in [0.2, 0.25) is 8.03 Å². The molecule has 1 aliphatic heterocycles. The van der Waals surface area contributed by atoms with Crippen LogP contribution in [0.3, 0.4) is 0 Å².